The molecule has 0 aliphatic heterocycles. The number of fused-ring (bicyclic) bond motifs is 6. The van der Waals surface area contributed by atoms with Gasteiger partial charge in [-0.3, -0.25) is 0 Å². The number of nitrogens with zero attached hydrogens (tertiary/aromatic N) is 1. The van der Waals surface area contributed by atoms with Crippen molar-refractivity contribution in [2.24, 2.45) is 0 Å². The summed E-state index contributed by atoms with van der Waals surface area (Å²) >= 11 is 1.91. The van der Waals surface area contributed by atoms with Crippen LogP contribution in [0.15, 0.2) is 212 Å². The number of hydrogen-bond acceptors (Lipinski definition) is 2. The molecule has 1 aromatic heterocycles. The van der Waals surface area contributed by atoms with Gasteiger partial charge in [-0.25, -0.2) is 0 Å². The van der Waals surface area contributed by atoms with Crippen LogP contribution in [0.2, 0.25) is 0 Å². The molecule has 0 fully saturated rings. The van der Waals surface area contributed by atoms with Crippen LogP contribution in [-0.4, -0.2) is 0 Å². The van der Waals surface area contributed by atoms with Crippen molar-refractivity contribution < 1.29 is 0 Å². The monoisotopic (exact) mass is 771 g/mol. The third kappa shape index (κ3) is 5.99. The Morgan fingerprint density at radius 2 is 0.797 bits per heavy atom. The molecule has 0 bridgehead atoms. The lowest BCUT2D eigenvalue weighted by atomic mass is 9.82. The molecule has 0 N–H and O–H groups in total. The highest BCUT2D eigenvalue weighted by molar-refractivity contribution is 7.26. The Kier molecular flexibility index (Phi) is 8.43. The van der Waals surface area contributed by atoms with Gasteiger partial charge in [0.2, 0.25) is 0 Å². The molecule has 0 unspecified atom stereocenters. The second kappa shape index (κ2) is 14.1. The predicted molar refractivity (Wildman–Crippen MR) is 253 cm³/mol. The Morgan fingerprint density at radius 1 is 0.373 bits per heavy atom. The van der Waals surface area contributed by atoms with Crippen molar-refractivity contribution in [3.8, 4) is 55.6 Å². The second-order valence-electron chi connectivity index (χ2n) is 16.1. The van der Waals surface area contributed by atoms with E-state index in [2.05, 4.69) is 231 Å². The van der Waals surface area contributed by atoms with Gasteiger partial charge < -0.3 is 4.90 Å². The first kappa shape index (κ1) is 35.2. The van der Waals surface area contributed by atoms with E-state index in [4.69, 9.17) is 0 Å². The maximum absolute atomic E-state index is 2.54. The first-order chi connectivity index (χ1) is 29.0. The van der Waals surface area contributed by atoms with Gasteiger partial charge >= 0.3 is 0 Å². The molecule has 1 aliphatic carbocycles. The third-order valence-corrected chi connectivity index (χ3v) is 13.4. The SMILES string of the molecule is CC1(C)c2ccccc2-c2c1cc1sc3cc(-c4ccccc4)ccc3c1c2N(c1ccc(-c2ccccc2)cc1)c1ccc(-c2ccc(-c3ccccc3)cc2)cc1. The van der Waals surface area contributed by atoms with Crippen LogP contribution in [-0.2, 0) is 5.41 Å². The van der Waals surface area contributed by atoms with Crippen LogP contribution in [0.25, 0.3) is 75.8 Å². The van der Waals surface area contributed by atoms with Crippen LogP contribution in [0.4, 0.5) is 17.1 Å². The van der Waals surface area contributed by atoms with Crippen LogP contribution >= 0.6 is 11.3 Å². The topological polar surface area (TPSA) is 3.24 Å². The average molecular weight is 772 g/mol. The molecule has 1 nitrogen and oxygen atoms in total. The summed E-state index contributed by atoms with van der Waals surface area (Å²) in [6.45, 7) is 4.79. The van der Waals surface area contributed by atoms with Crippen LogP contribution in [0.3, 0.4) is 0 Å². The molecule has 0 atom stereocenters. The van der Waals surface area contributed by atoms with E-state index in [1.165, 1.54) is 92.6 Å². The average Bonchev–Trinajstić information content (AvgIpc) is 3.78. The van der Waals surface area contributed by atoms with E-state index in [-0.39, 0.29) is 5.41 Å². The van der Waals surface area contributed by atoms with Crippen LogP contribution < -0.4 is 4.90 Å². The number of rotatable bonds is 7. The van der Waals surface area contributed by atoms with Gasteiger partial charge in [0.25, 0.3) is 0 Å². The lowest BCUT2D eigenvalue weighted by Crippen LogP contribution is -2.16. The number of hydrogen-bond donors (Lipinski definition) is 0. The van der Waals surface area contributed by atoms with Gasteiger partial charge in [0.05, 0.1) is 5.69 Å². The molecule has 0 radical (unpaired) electrons. The Morgan fingerprint density at radius 3 is 1.32 bits per heavy atom. The molecule has 0 spiro atoms. The van der Waals surface area contributed by atoms with Gasteiger partial charge in [-0.1, -0.05) is 190 Å². The largest absolute Gasteiger partial charge is 0.309 e. The lowest BCUT2D eigenvalue weighted by molar-refractivity contribution is 0.661. The summed E-state index contributed by atoms with van der Waals surface area (Å²) in [6.07, 6.45) is 0. The lowest BCUT2D eigenvalue weighted by Gasteiger charge is -2.30. The van der Waals surface area contributed by atoms with Crippen molar-refractivity contribution in [3.63, 3.8) is 0 Å². The fourth-order valence-electron chi connectivity index (χ4n) is 9.24. The zero-order valence-corrected chi connectivity index (χ0v) is 33.9. The Balaban J connectivity index is 1.14. The van der Waals surface area contributed by atoms with E-state index < -0.39 is 0 Å². The first-order valence-corrected chi connectivity index (χ1v) is 21.2. The summed E-state index contributed by atoms with van der Waals surface area (Å²) in [6, 6.07) is 77.9. The quantitative estimate of drug-likeness (QED) is 0.156. The third-order valence-electron chi connectivity index (χ3n) is 12.3. The standard InChI is InChI=1S/C57H41NS/c1-57(2)50-21-13-12-20-48(50)54-51(57)37-53-55(49-35-30-45(36-52(49)59-53)40-18-10-5-11-19-40)56(54)58(46-31-26-43(27-32-46)39-16-8-4-9-17-39)47-33-28-44(29-34-47)42-24-22-41(23-25-42)38-14-6-3-7-15-38/h3-37H,1-2H3. The number of thiophene rings is 1. The van der Waals surface area contributed by atoms with Crippen LogP contribution in [0.1, 0.15) is 25.0 Å². The van der Waals surface area contributed by atoms with Gasteiger partial charge in [0, 0.05) is 42.5 Å². The van der Waals surface area contributed by atoms with Crippen molar-refractivity contribution >= 4 is 48.6 Å². The zero-order chi connectivity index (χ0) is 39.5. The van der Waals surface area contributed by atoms with Crippen molar-refractivity contribution in [3.05, 3.63) is 223 Å². The van der Waals surface area contributed by atoms with Crippen molar-refractivity contribution in [2.75, 3.05) is 4.90 Å². The van der Waals surface area contributed by atoms with Crippen LogP contribution in [0.5, 0.6) is 0 Å². The molecule has 0 saturated carbocycles. The second-order valence-corrected chi connectivity index (χ2v) is 17.2. The molecule has 0 saturated heterocycles. The highest BCUT2D eigenvalue weighted by Crippen LogP contribution is 2.59. The van der Waals surface area contributed by atoms with E-state index in [9.17, 15) is 0 Å². The predicted octanol–water partition coefficient (Wildman–Crippen LogP) is 16.5. The molecule has 9 aromatic carbocycles. The van der Waals surface area contributed by atoms with Crippen molar-refractivity contribution in [1.29, 1.82) is 0 Å². The summed E-state index contributed by atoms with van der Waals surface area (Å²) in [4.78, 5) is 2.54. The summed E-state index contributed by atoms with van der Waals surface area (Å²) in [7, 11) is 0. The molecule has 1 heterocycles. The van der Waals surface area contributed by atoms with Crippen LogP contribution in [0, 0.1) is 0 Å². The normalized spacial score (nSPS) is 12.7. The molecular weight excluding hydrogens is 731 g/mol. The maximum Gasteiger partial charge on any atom is 0.0636 e. The molecule has 0 amide bonds. The maximum atomic E-state index is 2.54. The van der Waals surface area contributed by atoms with Crippen molar-refractivity contribution in [2.45, 2.75) is 19.3 Å². The molecule has 59 heavy (non-hydrogen) atoms. The first-order valence-electron chi connectivity index (χ1n) is 20.4. The van der Waals surface area contributed by atoms with Gasteiger partial charge in [0.1, 0.15) is 0 Å². The van der Waals surface area contributed by atoms with Gasteiger partial charge in [-0.05, 0) is 97.6 Å². The van der Waals surface area contributed by atoms with Gasteiger partial charge in [-0.2, -0.15) is 0 Å². The fourth-order valence-corrected chi connectivity index (χ4v) is 10.4. The highest BCUT2D eigenvalue weighted by atomic mass is 32.1. The molecule has 11 rings (SSSR count). The zero-order valence-electron chi connectivity index (χ0n) is 33.1. The summed E-state index contributed by atoms with van der Waals surface area (Å²) in [5, 5.41) is 2.58. The number of anilines is 3. The summed E-state index contributed by atoms with van der Waals surface area (Å²) < 4.78 is 2.60. The summed E-state index contributed by atoms with van der Waals surface area (Å²) in [5.41, 5.74) is 18.4. The van der Waals surface area contributed by atoms with Gasteiger partial charge in [0.15, 0.2) is 0 Å². The van der Waals surface area contributed by atoms with E-state index >= 15 is 0 Å². The Hall–Kier alpha value is -7.00. The molecule has 1 aliphatic rings. The minimum Gasteiger partial charge on any atom is -0.309 e. The van der Waals surface area contributed by atoms with E-state index in [0.29, 0.717) is 0 Å². The summed E-state index contributed by atoms with van der Waals surface area (Å²) in [5.74, 6) is 0. The molecular formula is C57H41NS. The molecule has 10 aromatic rings. The van der Waals surface area contributed by atoms with E-state index in [0.717, 1.165) is 11.4 Å². The molecule has 2 heteroatoms. The smallest absolute Gasteiger partial charge is 0.0636 e. The van der Waals surface area contributed by atoms with E-state index in [1.54, 1.807) is 0 Å². The minimum absolute atomic E-state index is 0.168. The van der Waals surface area contributed by atoms with E-state index in [1.807, 2.05) is 11.3 Å². The fraction of sp³-hybridized carbons (Fsp3) is 0.0526. The Labute approximate surface area is 350 Å². The minimum atomic E-state index is -0.168. The Bertz CT molecular complexity index is 3130. The molecule has 280 valence electrons. The van der Waals surface area contributed by atoms with Crippen molar-refractivity contribution in [1.82, 2.24) is 0 Å². The van der Waals surface area contributed by atoms with Gasteiger partial charge in [-0.15, -0.1) is 11.3 Å². The highest BCUT2D eigenvalue weighted by Gasteiger charge is 2.39. The number of benzene rings is 9.